The molecule has 7 nitrogen and oxygen atoms in total. The largest absolute Gasteiger partial charge is 0.443 e. The van der Waals surface area contributed by atoms with Crippen molar-refractivity contribution in [3.63, 3.8) is 0 Å². The number of benzene rings is 3. The minimum Gasteiger partial charge on any atom is -0.443 e. The van der Waals surface area contributed by atoms with Crippen LogP contribution in [0.5, 0.6) is 0 Å². The molecule has 1 aliphatic rings. The van der Waals surface area contributed by atoms with Crippen LogP contribution < -0.4 is 10.2 Å². The molecule has 0 unspecified atom stereocenters. The summed E-state index contributed by atoms with van der Waals surface area (Å²) >= 11 is 0. The summed E-state index contributed by atoms with van der Waals surface area (Å²) in [6.07, 6.45) is 1.99. The lowest BCUT2D eigenvalue weighted by atomic mass is 10.0. The molecule has 1 saturated heterocycles. The van der Waals surface area contributed by atoms with Gasteiger partial charge in [0.1, 0.15) is 5.82 Å². The number of carbonyl (C=O) groups excluding carboxylic acids is 2. The Morgan fingerprint density at radius 3 is 2.41 bits per heavy atom. The number of rotatable bonds is 6. The highest BCUT2D eigenvalue weighted by Gasteiger charge is 2.27. The first-order valence-corrected chi connectivity index (χ1v) is 12.3. The number of para-hydroxylation sites is 1. The van der Waals surface area contributed by atoms with Gasteiger partial charge in [-0.1, -0.05) is 43.3 Å². The highest BCUT2D eigenvalue weighted by atomic mass is 19.1. The zero-order chi connectivity index (χ0) is 25.8. The van der Waals surface area contributed by atoms with Gasteiger partial charge in [0, 0.05) is 43.1 Å². The number of oxazole rings is 1. The van der Waals surface area contributed by atoms with E-state index in [2.05, 4.69) is 15.2 Å². The van der Waals surface area contributed by atoms with E-state index >= 15 is 0 Å². The summed E-state index contributed by atoms with van der Waals surface area (Å²) in [7, 11) is 0. The maximum absolute atomic E-state index is 13.6. The van der Waals surface area contributed by atoms with Crippen LogP contribution in [0.2, 0.25) is 0 Å². The molecule has 8 heteroatoms. The molecule has 0 aliphatic carbocycles. The van der Waals surface area contributed by atoms with Crippen LogP contribution in [-0.4, -0.2) is 47.9 Å². The second-order valence-electron chi connectivity index (χ2n) is 8.80. The Morgan fingerprint density at radius 1 is 0.946 bits per heavy atom. The minimum absolute atomic E-state index is 0.118. The van der Waals surface area contributed by atoms with E-state index < -0.39 is 5.91 Å². The van der Waals surface area contributed by atoms with E-state index in [0.29, 0.717) is 43.0 Å². The van der Waals surface area contributed by atoms with Gasteiger partial charge < -0.3 is 19.5 Å². The second kappa shape index (κ2) is 10.7. The van der Waals surface area contributed by atoms with Crippen molar-refractivity contribution in [2.45, 2.75) is 13.3 Å². The van der Waals surface area contributed by atoms with Crippen molar-refractivity contribution in [2.24, 2.45) is 0 Å². The lowest BCUT2D eigenvalue weighted by molar-refractivity contribution is 0.0747. The van der Waals surface area contributed by atoms with Gasteiger partial charge in [0.25, 0.3) is 11.8 Å². The summed E-state index contributed by atoms with van der Waals surface area (Å²) in [6.45, 7) is 4.32. The summed E-state index contributed by atoms with van der Waals surface area (Å²) in [4.78, 5) is 34.8. The number of halogens is 1. The Morgan fingerprint density at radius 2 is 1.65 bits per heavy atom. The molecule has 0 bridgehead atoms. The molecule has 0 spiro atoms. The maximum Gasteiger partial charge on any atom is 0.278 e. The molecule has 5 rings (SSSR count). The first-order valence-electron chi connectivity index (χ1n) is 12.3. The third-order valence-corrected chi connectivity index (χ3v) is 6.59. The molecule has 1 aliphatic heterocycles. The molecule has 188 valence electrons. The van der Waals surface area contributed by atoms with Crippen molar-refractivity contribution in [2.75, 3.05) is 36.4 Å². The number of aromatic nitrogens is 1. The van der Waals surface area contributed by atoms with Crippen molar-refractivity contribution in [1.82, 2.24) is 9.88 Å². The van der Waals surface area contributed by atoms with Gasteiger partial charge in [0.15, 0.2) is 17.8 Å². The summed E-state index contributed by atoms with van der Waals surface area (Å²) in [5.74, 6) is -0.571. The SMILES string of the molecule is CCc1ccccc1NC(=O)c1ncoc1-c1ccccc1C(=O)N1CCN(c2ccc(F)cc2)CC1. The smallest absolute Gasteiger partial charge is 0.278 e. The molecular formula is C29H27FN4O3. The molecule has 0 atom stereocenters. The third kappa shape index (κ3) is 5.09. The first kappa shape index (κ1) is 24.2. The predicted molar refractivity (Wildman–Crippen MR) is 140 cm³/mol. The molecule has 1 N–H and O–H groups in total. The molecule has 0 saturated carbocycles. The molecule has 37 heavy (non-hydrogen) atoms. The molecule has 2 amide bonds. The Balaban J connectivity index is 1.35. The van der Waals surface area contributed by atoms with Crippen LogP contribution >= 0.6 is 0 Å². The Bertz CT molecular complexity index is 1410. The van der Waals surface area contributed by atoms with Crippen LogP contribution in [0.3, 0.4) is 0 Å². The first-order chi connectivity index (χ1) is 18.0. The minimum atomic E-state index is -0.403. The average Bonchev–Trinajstić information content (AvgIpc) is 3.44. The average molecular weight is 499 g/mol. The van der Waals surface area contributed by atoms with Gasteiger partial charge in [-0.2, -0.15) is 0 Å². The van der Waals surface area contributed by atoms with E-state index in [9.17, 15) is 14.0 Å². The molecule has 0 radical (unpaired) electrons. The molecule has 2 heterocycles. The monoisotopic (exact) mass is 498 g/mol. The Labute approximate surface area is 214 Å². The summed E-state index contributed by atoms with van der Waals surface area (Å²) in [5.41, 5.74) is 3.73. The van der Waals surface area contributed by atoms with E-state index in [1.165, 1.54) is 18.5 Å². The van der Waals surface area contributed by atoms with Gasteiger partial charge >= 0.3 is 0 Å². The number of anilines is 2. The normalized spacial score (nSPS) is 13.5. The highest BCUT2D eigenvalue weighted by molar-refractivity contribution is 6.09. The summed E-state index contributed by atoms with van der Waals surface area (Å²) in [5, 5.41) is 2.92. The van der Waals surface area contributed by atoms with E-state index in [-0.39, 0.29) is 23.2 Å². The fraction of sp³-hybridized carbons (Fsp3) is 0.207. The molecule has 1 fully saturated rings. The Hall–Kier alpha value is -4.46. The van der Waals surface area contributed by atoms with E-state index in [1.807, 2.05) is 31.2 Å². The third-order valence-electron chi connectivity index (χ3n) is 6.59. The lowest BCUT2D eigenvalue weighted by Crippen LogP contribution is -2.48. The number of hydrogen-bond donors (Lipinski definition) is 1. The van der Waals surface area contributed by atoms with E-state index in [0.717, 1.165) is 17.7 Å². The second-order valence-corrected chi connectivity index (χ2v) is 8.80. The van der Waals surface area contributed by atoms with Crippen LogP contribution in [-0.2, 0) is 6.42 Å². The summed E-state index contributed by atoms with van der Waals surface area (Å²) in [6, 6.07) is 21.1. The van der Waals surface area contributed by atoms with Gasteiger partial charge in [0.05, 0.1) is 5.56 Å². The van der Waals surface area contributed by atoms with Crippen LogP contribution in [0, 0.1) is 5.82 Å². The van der Waals surface area contributed by atoms with Crippen molar-refractivity contribution in [3.8, 4) is 11.3 Å². The predicted octanol–water partition coefficient (Wildman–Crippen LogP) is 5.26. The standard InChI is InChI=1S/C29H27FN4O3/c1-2-20-7-3-6-10-25(20)32-28(35)26-27(37-19-31-26)23-8-4-5-9-24(23)29(36)34-17-15-33(16-18-34)22-13-11-21(30)12-14-22/h3-14,19H,2,15-18H2,1H3,(H,32,35). The lowest BCUT2D eigenvalue weighted by Gasteiger charge is -2.36. The van der Waals surface area contributed by atoms with Gasteiger partial charge in [-0.3, -0.25) is 9.59 Å². The molecule has 3 aromatic carbocycles. The van der Waals surface area contributed by atoms with Crippen LogP contribution in [0.1, 0.15) is 33.3 Å². The van der Waals surface area contributed by atoms with Gasteiger partial charge in [-0.15, -0.1) is 0 Å². The van der Waals surface area contributed by atoms with Crippen molar-refractivity contribution < 1.29 is 18.4 Å². The van der Waals surface area contributed by atoms with Crippen LogP contribution in [0.15, 0.2) is 83.6 Å². The number of aryl methyl sites for hydroxylation is 1. The highest BCUT2D eigenvalue weighted by Crippen LogP contribution is 2.29. The fourth-order valence-corrected chi connectivity index (χ4v) is 4.59. The number of nitrogens with zero attached hydrogens (tertiary/aromatic N) is 3. The number of amides is 2. The zero-order valence-electron chi connectivity index (χ0n) is 20.5. The number of piperazine rings is 1. The van der Waals surface area contributed by atoms with Crippen LogP contribution in [0.25, 0.3) is 11.3 Å². The van der Waals surface area contributed by atoms with Crippen molar-refractivity contribution in [3.05, 3.63) is 102 Å². The van der Waals surface area contributed by atoms with Crippen LogP contribution in [0.4, 0.5) is 15.8 Å². The van der Waals surface area contributed by atoms with Gasteiger partial charge in [-0.25, -0.2) is 9.37 Å². The van der Waals surface area contributed by atoms with Crippen molar-refractivity contribution in [1.29, 1.82) is 0 Å². The Kier molecular flexibility index (Phi) is 6.98. The number of nitrogens with one attached hydrogen (secondary N) is 1. The number of carbonyl (C=O) groups is 2. The quantitative estimate of drug-likeness (QED) is 0.393. The van der Waals surface area contributed by atoms with E-state index in [1.54, 1.807) is 41.3 Å². The molecule has 4 aromatic rings. The van der Waals surface area contributed by atoms with E-state index in [4.69, 9.17) is 4.42 Å². The topological polar surface area (TPSA) is 78.7 Å². The maximum atomic E-state index is 13.6. The summed E-state index contributed by atoms with van der Waals surface area (Å²) < 4.78 is 18.9. The van der Waals surface area contributed by atoms with Crippen molar-refractivity contribution >= 4 is 23.2 Å². The van der Waals surface area contributed by atoms with Gasteiger partial charge in [0.2, 0.25) is 0 Å². The number of hydrogen-bond acceptors (Lipinski definition) is 5. The molecular weight excluding hydrogens is 471 g/mol. The van der Waals surface area contributed by atoms with Gasteiger partial charge in [-0.05, 0) is 48.4 Å². The molecule has 1 aromatic heterocycles. The zero-order valence-corrected chi connectivity index (χ0v) is 20.5. The fourth-order valence-electron chi connectivity index (χ4n) is 4.59.